The fourth-order valence-electron chi connectivity index (χ4n) is 1.39. The average molecular weight is 436 g/mol. The first-order valence-electron chi connectivity index (χ1n) is 5.15. The number of nitrogen functional groups attached to an aromatic ring is 1. The second-order valence-corrected chi connectivity index (χ2v) is 5.69. The van der Waals surface area contributed by atoms with Crippen LogP contribution in [0.3, 0.4) is 0 Å². The van der Waals surface area contributed by atoms with Crippen molar-refractivity contribution in [2.75, 3.05) is 11.1 Å². The number of nitrogens with two attached hydrogens (primary N) is 1. The number of nitrogens with one attached hydrogen (secondary N) is 1. The number of rotatable bonds is 2. The lowest BCUT2D eigenvalue weighted by Crippen LogP contribution is -2.15. The van der Waals surface area contributed by atoms with Crippen LogP contribution in [0.4, 0.5) is 15.9 Å². The summed E-state index contributed by atoms with van der Waals surface area (Å²) < 4.78 is 14.1. The number of benzene rings is 1. The van der Waals surface area contributed by atoms with Crippen molar-refractivity contribution in [3.63, 3.8) is 0 Å². The summed E-state index contributed by atoms with van der Waals surface area (Å²) in [5.74, 6) is -0.380. The van der Waals surface area contributed by atoms with Crippen molar-refractivity contribution < 1.29 is 9.18 Å². The van der Waals surface area contributed by atoms with Gasteiger partial charge in [0, 0.05) is 3.57 Å². The Morgan fingerprint density at radius 1 is 1.42 bits per heavy atom. The molecule has 1 aromatic heterocycles. The Morgan fingerprint density at radius 3 is 2.79 bits per heavy atom. The molecular weight excluding hydrogens is 428 g/mol. The molecule has 0 fully saturated rings. The largest absolute Gasteiger partial charge is 0.397 e. The molecule has 0 aliphatic carbocycles. The van der Waals surface area contributed by atoms with E-state index in [4.69, 9.17) is 5.73 Å². The molecule has 19 heavy (non-hydrogen) atoms. The van der Waals surface area contributed by atoms with E-state index in [1.54, 1.807) is 6.07 Å². The summed E-state index contributed by atoms with van der Waals surface area (Å²) in [6, 6.07) is 5.60. The van der Waals surface area contributed by atoms with E-state index < -0.39 is 0 Å². The highest BCUT2D eigenvalue weighted by molar-refractivity contribution is 14.1. The van der Waals surface area contributed by atoms with Gasteiger partial charge in [-0.2, -0.15) is 0 Å². The quantitative estimate of drug-likeness (QED) is 0.710. The van der Waals surface area contributed by atoms with E-state index in [9.17, 15) is 9.18 Å². The van der Waals surface area contributed by atoms with Crippen LogP contribution in [0.5, 0.6) is 0 Å². The lowest BCUT2D eigenvalue weighted by molar-refractivity contribution is 0.102. The molecule has 2 aromatic rings. The van der Waals surface area contributed by atoms with Gasteiger partial charge < -0.3 is 11.1 Å². The molecule has 1 amide bonds. The van der Waals surface area contributed by atoms with Gasteiger partial charge in [0.15, 0.2) is 0 Å². The minimum Gasteiger partial charge on any atom is -0.397 e. The van der Waals surface area contributed by atoms with Crippen molar-refractivity contribution in [3.05, 3.63) is 49.9 Å². The lowest BCUT2D eigenvalue weighted by atomic mass is 10.2. The minimum absolute atomic E-state index is 0.359. The van der Waals surface area contributed by atoms with Gasteiger partial charge in [-0.15, -0.1) is 0 Å². The maximum absolute atomic E-state index is 13.0. The van der Waals surface area contributed by atoms with Crippen molar-refractivity contribution in [3.8, 4) is 0 Å². The van der Waals surface area contributed by atoms with Gasteiger partial charge in [-0.05, 0) is 62.8 Å². The summed E-state index contributed by atoms with van der Waals surface area (Å²) in [5, 5.41) is 2.63. The summed E-state index contributed by atoms with van der Waals surface area (Å²) >= 11 is 5.16. The molecule has 0 radical (unpaired) electrons. The maximum atomic E-state index is 13.0. The zero-order valence-electron chi connectivity index (χ0n) is 9.45. The number of carbonyl (C=O) groups is 1. The molecule has 0 bridgehead atoms. The molecule has 0 atom stereocenters. The van der Waals surface area contributed by atoms with Crippen LogP contribution in [0, 0.1) is 9.39 Å². The van der Waals surface area contributed by atoms with E-state index in [-0.39, 0.29) is 11.7 Å². The highest BCUT2D eigenvalue weighted by atomic mass is 127. The maximum Gasteiger partial charge on any atom is 0.257 e. The molecule has 0 unspecified atom stereocenters. The highest BCUT2D eigenvalue weighted by Gasteiger charge is 2.13. The molecule has 0 spiro atoms. The third kappa shape index (κ3) is 3.41. The lowest BCUT2D eigenvalue weighted by Gasteiger charge is -2.08. The van der Waals surface area contributed by atoms with Crippen LogP contribution >= 0.6 is 38.5 Å². The third-order valence-electron chi connectivity index (χ3n) is 2.27. The van der Waals surface area contributed by atoms with Crippen LogP contribution in [-0.2, 0) is 0 Å². The second-order valence-electron chi connectivity index (χ2n) is 3.68. The van der Waals surface area contributed by atoms with E-state index in [0.29, 0.717) is 25.1 Å². The van der Waals surface area contributed by atoms with Gasteiger partial charge in [0.05, 0.1) is 21.9 Å². The summed E-state index contributed by atoms with van der Waals surface area (Å²) in [6.45, 7) is 0. The predicted octanol–water partition coefficient (Wildman–Crippen LogP) is 3.42. The van der Waals surface area contributed by atoms with Crippen molar-refractivity contribution in [2.45, 2.75) is 0 Å². The molecule has 0 aliphatic rings. The molecule has 1 aromatic carbocycles. The molecule has 0 saturated heterocycles. The molecule has 0 saturated carbocycles. The number of nitrogens with zero attached hydrogens (tertiary/aromatic N) is 1. The Bertz CT molecular complexity index is 651. The summed E-state index contributed by atoms with van der Waals surface area (Å²) in [4.78, 5) is 16.1. The molecular formula is C12H8BrFIN3O. The molecule has 2 rings (SSSR count). The molecule has 7 heteroatoms. The monoisotopic (exact) mass is 435 g/mol. The number of halogens is 3. The van der Waals surface area contributed by atoms with Crippen molar-refractivity contribution in [1.82, 2.24) is 4.98 Å². The Balaban J connectivity index is 2.25. The number of aromatic nitrogens is 1. The van der Waals surface area contributed by atoms with E-state index in [1.165, 1.54) is 24.4 Å². The first kappa shape index (κ1) is 14.2. The number of hydrogen-bond acceptors (Lipinski definition) is 3. The second kappa shape index (κ2) is 5.83. The normalized spacial score (nSPS) is 10.3. The minimum atomic E-state index is -0.382. The number of carbonyl (C=O) groups excluding carboxylic acids is 1. The number of pyridine rings is 1. The van der Waals surface area contributed by atoms with E-state index in [2.05, 4.69) is 26.2 Å². The molecule has 1 heterocycles. The topological polar surface area (TPSA) is 68.0 Å². The standard InChI is InChI=1S/C12H8BrFIN3O/c13-9-4-7(16)5-17-11(9)18-12(19)8-2-1-6(14)3-10(8)15/h1-5H,16H2,(H,17,18,19). The number of anilines is 2. The fourth-order valence-corrected chi connectivity index (χ4v) is 2.58. The smallest absolute Gasteiger partial charge is 0.257 e. The van der Waals surface area contributed by atoms with Gasteiger partial charge in [0.25, 0.3) is 5.91 Å². The summed E-state index contributed by atoms with van der Waals surface area (Å²) in [5.41, 5.74) is 6.43. The van der Waals surface area contributed by atoms with Crippen LogP contribution in [-0.4, -0.2) is 10.9 Å². The Hall–Kier alpha value is -1.22. The zero-order valence-corrected chi connectivity index (χ0v) is 13.2. The van der Waals surface area contributed by atoms with Crippen molar-refractivity contribution in [1.29, 1.82) is 0 Å². The molecule has 3 N–H and O–H groups in total. The van der Waals surface area contributed by atoms with Crippen LogP contribution < -0.4 is 11.1 Å². The zero-order chi connectivity index (χ0) is 14.0. The first-order chi connectivity index (χ1) is 8.97. The van der Waals surface area contributed by atoms with E-state index in [1.807, 2.05) is 22.6 Å². The average Bonchev–Trinajstić information content (AvgIpc) is 2.32. The fraction of sp³-hybridized carbons (Fsp3) is 0. The molecule has 4 nitrogen and oxygen atoms in total. The molecule has 98 valence electrons. The molecule has 0 aliphatic heterocycles. The van der Waals surface area contributed by atoms with Gasteiger partial charge in [-0.25, -0.2) is 9.37 Å². The van der Waals surface area contributed by atoms with Crippen molar-refractivity contribution in [2.24, 2.45) is 0 Å². The summed E-state index contributed by atoms with van der Waals surface area (Å²) in [7, 11) is 0. The van der Waals surface area contributed by atoms with Gasteiger partial charge in [-0.1, -0.05) is 0 Å². The van der Waals surface area contributed by atoms with Crippen LogP contribution in [0.1, 0.15) is 10.4 Å². The Kier molecular flexibility index (Phi) is 4.35. The van der Waals surface area contributed by atoms with Gasteiger partial charge >= 0.3 is 0 Å². The van der Waals surface area contributed by atoms with Crippen molar-refractivity contribution >= 4 is 55.9 Å². The summed E-state index contributed by atoms with van der Waals surface area (Å²) in [6.07, 6.45) is 1.44. The third-order valence-corrected chi connectivity index (χ3v) is 3.77. The Morgan fingerprint density at radius 2 is 2.16 bits per heavy atom. The van der Waals surface area contributed by atoms with Gasteiger partial charge in [0.1, 0.15) is 11.6 Å². The number of amides is 1. The SMILES string of the molecule is Nc1cnc(NC(=O)c2ccc(F)cc2I)c(Br)c1. The first-order valence-corrected chi connectivity index (χ1v) is 7.02. The van der Waals surface area contributed by atoms with Gasteiger partial charge in [0.2, 0.25) is 0 Å². The van der Waals surface area contributed by atoms with Crippen LogP contribution in [0.25, 0.3) is 0 Å². The van der Waals surface area contributed by atoms with E-state index >= 15 is 0 Å². The van der Waals surface area contributed by atoms with Crippen LogP contribution in [0.15, 0.2) is 34.9 Å². The highest BCUT2D eigenvalue weighted by Crippen LogP contribution is 2.23. The number of hydrogen-bond donors (Lipinski definition) is 2. The van der Waals surface area contributed by atoms with Gasteiger partial charge in [-0.3, -0.25) is 4.79 Å². The predicted molar refractivity (Wildman–Crippen MR) is 83.4 cm³/mol. The van der Waals surface area contributed by atoms with E-state index in [0.717, 1.165) is 0 Å². The Labute approximate surface area is 130 Å². The van der Waals surface area contributed by atoms with Crippen LogP contribution in [0.2, 0.25) is 0 Å².